The fourth-order valence-corrected chi connectivity index (χ4v) is 2.53. The lowest BCUT2D eigenvalue weighted by Crippen LogP contribution is -2.42. The van der Waals surface area contributed by atoms with Crippen LogP contribution in [0.4, 0.5) is 9.59 Å². The lowest BCUT2D eigenvalue weighted by molar-refractivity contribution is -0.124. The molecule has 0 spiro atoms. The van der Waals surface area contributed by atoms with Gasteiger partial charge in [0.05, 0.1) is 5.75 Å². The molecular weight excluding hydrogens is 330 g/mol. The zero-order valence-corrected chi connectivity index (χ0v) is 13.1. The second-order valence-electron chi connectivity index (χ2n) is 4.28. The summed E-state index contributed by atoms with van der Waals surface area (Å²) in [7, 11) is 0. The number of amides is 4. The number of hydrogen-bond donors (Lipinski definition) is 2. The third-order valence-corrected chi connectivity index (χ3v) is 3.86. The lowest BCUT2D eigenvalue weighted by atomic mass is 10.3. The maximum atomic E-state index is 11.5. The van der Waals surface area contributed by atoms with Crippen LogP contribution in [0.3, 0.4) is 0 Å². The molecule has 0 saturated carbocycles. The Hall–Kier alpha value is -1.93. The number of rotatable bonds is 6. The summed E-state index contributed by atoms with van der Waals surface area (Å²) in [6.07, 6.45) is 0. The molecule has 9 heteroatoms. The van der Waals surface area contributed by atoms with Crippen LogP contribution in [0, 0.1) is 0 Å². The van der Waals surface area contributed by atoms with Gasteiger partial charge in [-0.15, -0.1) is 0 Å². The van der Waals surface area contributed by atoms with Crippen molar-refractivity contribution in [3.63, 3.8) is 0 Å². The Morgan fingerprint density at radius 1 is 1.27 bits per heavy atom. The van der Waals surface area contributed by atoms with E-state index < -0.39 is 6.03 Å². The molecule has 1 saturated heterocycles. The fourth-order valence-electron chi connectivity index (χ4n) is 1.66. The molecule has 1 fully saturated rings. The second-order valence-corrected chi connectivity index (χ2v) is 5.64. The fraction of sp³-hybridized carbons (Fsp3) is 0.308. The smallest absolute Gasteiger partial charge is 0.317 e. The van der Waals surface area contributed by atoms with E-state index in [-0.39, 0.29) is 36.7 Å². The van der Waals surface area contributed by atoms with Gasteiger partial charge in [-0.05, 0) is 24.3 Å². The average molecular weight is 344 g/mol. The van der Waals surface area contributed by atoms with E-state index in [9.17, 15) is 14.4 Å². The van der Waals surface area contributed by atoms with Crippen LogP contribution >= 0.6 is 23.4 Å². The summed E-state index contributed by atoms with van der Waals surface area (Å²) >= 11 is 6.70. The van der Waals surface area contributed by atoms with Crippen molar-refractivity contribution in [2.75, 3.05) is 25.6 Å². The monoisotopic (exact) mass is 343 g/mol. The van der Waals surface area contributed by atoms with Crippen LogP contribution in [0.1, 0.15) is 0 Å². The lowest BCUT2D eigenvalue weighted by Gasteiger charge is -2.13. The summed E-state index contributed by atoms with van der Waals surface area (Å²) < 4.78 is 5.29. The summed E-state index contributed by atoms with van der Waals surface area (Å²) in [5.74, 6) is 0.512. The molecule has 0 aliphatic carbocycles. The van der Waals surface area contributed by atoms with Crippen molar-refractivity contribution < 1.29 is 19.1 Å². The van der Waals surface area contributed by atoms with Crippen LogP contribution < -0.4 is 15.4 Å². The zero-order valence-electron chi connectivity index (χ0n) is 11.5. The number of halogens is 1. The van der Waals surface area contributed by atoms with Crippen LogP contribution in [0.15, 0.2) is 24.3 Å². The topological polar surface area (TPSA) is 87.7 Å². The highest BCUT2D eigenvalue weighted by atomic mass is 35.5. The summed E-state index contributed by atoms with van der Waals surface area (Å²) in [6, 6.07) is 6.28. The first-order valence-electron chi connectivity index (χ1n) is 6.43. The molecule has 22 heavy (non-hydrogen) atoms. The SMILES string of the molecule is O=C(NCCN1C(=O)CSC1=O)NCOc1ccc(Cl)cc1. The van der Waals surface area contributed by atoms with Crippen LogP contribution in [0.25, 0.3) is 0 Å². The first-order chi connectivity index (χ1) is 10.6. The quantitative estimate of drug-likeness (QED) is 0.767. The van der Waals surface area contributed by atoms with Gasteiger partial charge in [0.25, 0.3) is 5.24 Å². The number of hydrogen-bond acceptors (Lipinski definition) is 5. The number of thioether (sulfide) groups is 1. The van der Waals surface area contributed by atoms with Crippen LogP contribution in [-0.4, -0.2) is 47.7 Å². The molecule has 4 amide bonds. The molecule has 1 aliphatic heterocycles. The van der Waals surface area contributed by atoms with Gasteiger partial charge in [0, 0.05) is 18.1 Å². The summed E-state index contributed by atoms with van der Waals surface area (Å²) in [5, 5.41) is 5.35. The van der Waals surface area contributed by atoms with Gasteiger partial charge in [-0.2, -0.15) is 0 Å². The molecule has 1 aromatic rings. The van der Waals surface area contributed by atoms with Gasteiger partial charge >= 0.3 is 6.03 Å². The largest absolute Gasteiger partial charge is 0.473 e. The number of benzene rings is 1. The minimum atomic E-state index is -0.444. The number of carbonyl (C=O) groups excluding carboxylic acids is 3. The highest BCUT2D eigenvalue weighted by molar-refractivity contribution is 8.14. The first-order valence-corrected chi connectivity index (χ1v) is 7.80. The number of carbonyl (C=O) groups is 3. The zero-order chi connectivity index (χ0) is 15.9. The van der Waals surface area contributed by atoms with Crippen LogP contribution in [0.5, 0.6) is 5.75 Å². The molecule has 1 aromatic carbocycles. The molecule has 1 aliphatic rings. The predicted molar refractivity (Wildman–Crippen MR) is 83.0 cm³/mol. The maximum absolute atomic E-state index is 11.5. The van der Waals surface area contributed by atoms with Gasteiger partial charge in [0.1, 0.15) is 5.75 Å². The Bertz CT molecular complexity index is 551. The third-order valence-electron chi connectivity index (χ3n) is 2.75. The highest BCUT2D eigenvalue weighted by Gasteiger charge is 2.29. The van der Waals surface area contributed by atoms with Gasteiger partial charge in [-0.25, -0.2) is 4.79 Å². The van der Waals surface area contributed by atoms with E-state index in [1.165, 1.54) is 0 Å². The van der Waals surface area contributed by atoms with E-state index in [2.05, 4.69) is 10.6 Å². The minimum Gasteiger partial charge on any atom is -0.473 e. The molecule has 0 radical (unpaired) electrons. The number of nitrogens with one attached hydrogen (secondary N) is 2. The molecule has 0 unspecified atom stereocenters. The average Bonchev–Trinajstić information content (AvgIpc) is 2.81. The number of imide groups is 1. The number of nitrogens with zero attached hydrogens (tertiary/aromatic N) is 1. The molecule has 118 valence electrons. The van der Waals surface area contributed by atoms with E-state index in [0.29, 0.717) is 10.8 Å². The predicted octanol–water partition coefficient (Wildman–Crippen LogP) is 1.67. The Balaban J connectivity index is 1.61. The van der Waals surface area contributed by atoms with E-state index in [0.717, 1.165) is 16.7 Å². The third kappa shape index (κ3) is 4.81. The van der Waals surface area contributed by atoms with E-state index in [4.69, 9.17) is 16.3 Å². The van der Waals surface area contributed by atoms with E-state index >= 15 is 0 Å². The van der Waals surface area contributed by atoms with Crippen molar-refractivity contribution in [3.05, 3.63) is 29.3 Å². The van der Waals surface area contributed by atoms with Crippen molar-refractivity contribution >= 4 is 40.5 Å². The summed E-state index contributed by atoms with van der Waals surface area (Å²) in [6.45, 7) is 0.339. The first kappa shape index (κ1) is 16.4. The second kappa shape index (κ2) is 7.90. The Morgan fingerprint density at radius 3 is 2.64 bits per heavy atom. The minimum absolute atomic E-state index is 0.00903. The van der Waals surface area contributed by atoms with Crippen molar-refractivity contribution in [2.45, 2.75) is 0 Å². The standard InChI is InChI=1S/C13H14ClN3O4S/c14-9-1-3-10(4-2-9)21-8-16-12(19)15-5-6-17-11(18)7-22-13(17)20/h1-4H,5-8H2,(H2,15,16,19). The summed E-state index contributed by atoms with van der Waals surface area (Å²) in [4.78, 5) is 35.3. The maximum Gasteiger partial charge on any atom is 0.317 e. The van der Waals surface area contributed by atoms with Gasteiger partial charge < -0.3 is 15.4 Å². The highest BCUT2D eigenvalue weighted by Crippen LogP contribution is 2.17. The Labute approximate surface area is 136 Å². The van der Waals surface area contributed by atoms with Crippen molar-refractivity contribution in [2.24, 2.45) is 0 Å². The molecule has 7 nitrogen and oxygen atoms in total. The molecular formula is C13H14ClN3O4S. The molecule has 0 bridgehead atoms. The van der Waals surface area contributed by atoms with Crippen LogP contribution in [0.2, 0.25) is 5.02 Å². The molecule has 2 rings (SSSR count). The normalized spacial score (nSPS) is 14.1. The van der Waals surface area contributed by atoms with E-state index in [1.54, 1.807) is 24.3 Å². The van der Waals surface area contributed by atoms with Gasteiger partial charge in [-0.1, -0.05) is 23.4 Å². The molecule has 0 atom stereocenters. The van der Waals surface area contributed by atoms with Gasteiger partial charge in [0.2, 0.25) is 5.91 Å². The van der Waals surface area contributed by atoms with Crippen LogP contribution in [-0.2, 0) is 4.79 Å². The van der Waals surface area contributed by atoms with E-state index in [1.807, 2.05) is 0 Å². The molecule has 1 heterocycles. The summed E-state index contributed by atoms with van der Waals surface area (Å²) in [5.41, 5.74) is 0. The van der Waals surface area contributed by atoms with Gasteiger partial charge in [0.15, 0.2) is 6.73 Å². The van der Waals surface area contributed by atoms with Crippen molar-refractivity contribution in [3.8, 4) is 5.75 Å². The Morgan fingerprint density at radius 2 is 2.00 bits per heavy atom. The van der Waals surface area contributed by atoms with Crippen molar-refractivity contribution in [1.29, 1.82) is 0 Å². The Kier molecular flexibility index (Phi) is 5.91. The van der Waals surface area contributed by atoms with Gasteiger partial charge in [-0.3, -0.25) is 14.5 Å². The number of ether oxygens (including phenoxy) is 1. The molecule has 2 N–H and O–H groups in total. The van der Waals surface area contributed by atoms with Crippen molar-refractivity contribution in [1.82, 2.24) is 15.5 Å². The molecule has 0 aromatic heterocycles. The number of urea groups is 1.